The Morgan fingerprint density at radius 2 is 1.84 bits per heavy atom. The van der Waals surface area contributed by atoms with E-state index in [9.17, 15) is 9.90 Å². The van der Waals surface area contributed by atoms with Crippen molar-refractivity contribution in [2.75, 3.05) is 12.4 Å². The maximum atomic E-state index is 11.6. The summed E-state index contributed by atoms with van der Waals surface area (Å²) < 4.78 is 11.3. The van der Waals surface area contributed by atoms with Crippen molar-refractivity contribution in [3.63, 3.8) is 0 Å². The van der Waals surface area contributed by atoms with Gasteiger partial charge in [-0.1, -0.05) is 43.0 Å². The van der Waals surface area contributed by atoms with Crippen LogP contribution in [-0.4, -0.2) is 24.0 Å². The molecule has 3 aromatic carbocycles. The molecule has 196 valence electrons. The molecule has 1 atom stereocenters. The molecule has 5 nitrogen and oxygen atoms in total. The quantitative estimate of drug-likeness (QED) is 0.304. The van der Waals surface area contributed by atoms with Gasteiger partial charge in [0.25, 0.3) is 0 Å². The van der Waals surface area contributed by atoms with E-state index in [0.29, 0.717) is 11.4 Å². The monoisotopic (exact) mass is 527 g/mol. The molecule has 4 rings (SSSR count). The zero-order valence-electron chi connectivity index (χ0n) is 22.5. The molecule has 3 aromatic rings. The van der Waals surface area contributed by atoms with E-state index >= 15 is 0 Å². The van der Waals surface area contributed by atoms with Crippen molar-refractivity contribution in [1.82, 2.24) is 0 Å². The average Bonchev–Trinajstić information content (AvgIpc) is 2.90. The van der Waals surface area contributed by atoms with Crippen LogP contribution in [0.2, 0.25) is 0 Å². The molecular formula is C32H34NO4P. The first-order valence-corrected chi connectivity index (χ1v) is 12.9. The lowest BCUT2D eigenvalue weighted by Gasteiger charge is -2.27. The number of carboxylic acid groups (broad SMARTS) is 1. The summed E-state index contributed by atoms with van der Waals surface area (Å²) in [5.74, 6) is 3.21. The topological polar surface area (TPSA) is 67.8 Å². The number of methoxy groups -OCH3 is 1. The summed E-state index contributed by atoms with van der Waals surface area (Å²) in [6.07, 6.45) is 3.88. The van der Waals surface area contributed by atoms with Gasteiger partial charge in [0.15, 0.2) is 0 Å². The third-order valence-corrected chi connectivity index (χ3v) is 6.41. The number of anilines is 1. The Balaban J connectivity index is 0.000000375. The fourth-order valence-electron chi connectivity index (χ4n) is 4.14. The highest BCUT2D eigenvalue weighted by Crippen LogP contribution is 2.41. The number of benzene rings is 3. The summed E-state index contributed by atoms with van der Waals surface area (Å²) >= 11 is 0. The fourth-order valence-corrected chi connectivity index (χ4v) is 4.45. The van der Waals surface area contributed by atoms with Gasteiger partial charge in [0.1, 0.15) is 17.3 Å². The number of para-hydroxylation sites is 1. The van der Waals surface area contributed by atoms with E-state index < -0.39 is 5.97 Å². The van der Waals surface area contributed by atoms with Crippen LogP contribution in [0.25, 0.3) is 5.57 Å². The maximum absolute atomic E-state index is 11.6. The lowest BCUT2D eigenvalue weighted by atomic mass is 9.93. The average molecular weight is 528 g/mol. The van der Waals surface area contributed by atoms with Gasteiger partial charge in [0.05, 0.1) is 18.7 Å². The smallest absolute Gasteiger partial charge is 0.337 e. The van der Waals surface area contributed by atoms with Crippen LogP contribution < -0.4 is 14.8 Å². The second-order valence-electron chi connectivity index (χ2n) is 8.99. The highest BCUT2D eigenvalue weighted by Gasteiger charge is 2.24. The van der Waals surface area contributed by atoms with Gasteiger partial charge in [-0.2, -0.15) is 0 Å². The maximum Gasteiger partial charge on any atom is 0.337 e. The predicted molar refractivity (Wildman–Crippen MR) is 160 cm³/mol. The van der Waals surface area contributed by atoms with Gasteiger partial charge in [0.2, 0.25) is 0 Å². The minimum atomic E-state index is -0.966. The fraction of sp³-hybridized carbons (Fsp3) is 0.188. The number of allylic oxidation sites excluding steroid dienone is 4. The number of hydrogen-bond acceptors (Lipinski definition) is 4. The van der Waals surface area contributed by atoms with Crippen molar-refractivity contribution in [3.05, 3.63) is 119 Å². The van der Waals surface area contributed by atoms with E-state index in [4.69, 9.17) is 9.47 Å². The molecule has 0 spiro atoms. The predicted octanol–water partition coefficient (Wildman–Crippen LogP) is 8.05. The number of hydrogen-bond donors (Lipinski definition) is 2. The Morgan fingerprint density at radius 1 is 1.11 bits per heavy atom. The molecular weight excluding hydrogens is 493 g/mol. The first kappa shape index (κ1) is 28.5. The van der Waals surface area contributed by atoms with Crippen LogP contribution in [-0.2, 0) is 0 Å². The van der Waals surface area contributed by atoms with E-state index in [1.165, 1.54) is 5.56 Å². The van der Waals surface area contributed by atoms with Crippen molar-refractivity contribution in [2.24, 2.45) is 0 Å². The zero-order chi connectivity index (χ0) is 27.8. The number of ether oxygens (including phenoxy) is 2. The van der Waals surface area contributed by atoms with Crippen LogP contribution in [0.15, 0.2) is 90.7 Å². The van der Waals surface area contributed by atoms with E-state index in [1.54, 1.807) is 25.3 Å². The highest BCUT2D eigenvalue weighted by atomic mass is 31.0. The van der Waals surface area contributed by atoms with Crippen molar-refractivity contribution in [2.45, 2.75) is 33.7 Å². The molecule has 0 aliphatic carbocycles. The molecule has 6 heteroatoms. The van der Waals surface area contributed by atoms with Crippen LogP contribution in [0.5, 0.6) is 11.5 Å². The molecule has 0 amide bonds. The summed E-state index contributed by atoms with van der Waals surface area (Å²) in [7, 11) is 5.11. The Labute approximate surface area is 227 Å². The van der Waals surface area contributed by atoms with Crippen LogP contribution >= 0.6 is 8.86 Å². The lowest BCUT2D eigenvalue weighted by molar-refractivity contribution is 0.0698. The molecule has 1 unspecified atom stereocenters. The van der Waals surface area contributed by atoms with Gasteiger partial charge in [0, 0.05) is 22.4 Å². The first-order valence-electron chi connectivity index (χ1n) is 12.3. The minimum Gasteiger partial charge on any atom is -0.497 e. The molecule has 2 N–H and O–H groups in total. The molecule has 0 aromatic heterocycles. The van der Waals surface area contributed by atoms with Crippen LogP contribution in [0.3, 0.4) is 0 Å². The summed E-state index contributed by atoms with van der Waals surface area (Å²) in [6.45, 7) is 12.2. The van der Waals surface area contributed by atoms with Gasteiger partial charge in [-0.25, -0.2) is 4.79 Å². The van der Waals surface area contributed by atoms with Crippen LogP contribution in [0.1, 0.15) is 52.5 Å². The molecule has 1 aliphatic rings. The van der Waals surface area contributed by atoms with E-state index in [-0.39, 0.29) is 11.6 Å². The third-order valence-electron chi connectivity index (χ3n) is 6.10. The zero-order valence-corrected chi connectivity index (χ0v) is 23.5. The molecule has 38 heavy (non-hydrogen) atoms. The van der Waals surface area contributed by atoms with Crippen LogP contribution in [0, 0.1) is 13.8 Å². The van der Waals surface area contributed by atoms with E-state index in [0.717, 1.165) is 39.3 Å². The minimum absolute atomic E-state index is 0.183. The van der Waals surface area contributed by atoms with Gasteiger partial charge in [-0.3, -0.25) is 0 Å². The standard InChI is InChI=1S/C24H24NO3P.C8H10O/c1-5-17(13-29)22-12-15(3)19-10-14(2)11-20(23(19)28-22)16(4)25-21-9-7-6-8-18(21)24(26)27;1-7-4-3-5-8(6-7)9-2/h5-13,16,25,29H,3H2,1-2,4H3,(H,26,27);3-6H,1-2H3/b17-5+;. The van der Waals surface area contributed by atoms with E-state index in [1.807, 2.05) is 76.0 Å². The van der Waals surface area contributed by atoms with Crippen molar-refractivity contribution in [3.8, 4) is 11.5 Å². The van der Waals surface area contributed by atoms with Gasteiger partial charge in [-0.05, 0) is 86.6 Å². The van der Waals surface area contributed by atoms with Crippen molar-refractivity contribution < 1.29 is 19.4 Å². The third kappa shape index (κ3) is 6.81. The molecule has 0 saturated carbocycles. The number of rotatable bonds is 7. The summed E-state index contributed by atoms with van der Waals surface area (Å²) in [5, 5.41) is 12.8. The SMILES string of the molecule is C=C1C=C(/C(C=P)=C/C)Oc2c1cc(C)cc2C(C)Nc1ccccc1C(=O)O.COc1cccc(C)c1. The molecule has 1 aliphatic heterocycles. The molecule has 0 fully saturated rings. The molecule has 0 radical (unpaired) electrons. The number of carbonyl (C=O) groups is 1. The van der Waals surface area contributed by atoms with Crippen molar-refractivity contribution >= 4 is 31.9 Å². The number of nitrogens with one attached hydrogen (secondary N) is 1. The molecule has 0 bridgehead atoms. The number of aryl methyl sites for hydroxylation is 2. The molecule has 1 heterocycles. The first-order chi connectivity index (χ1) is 18.2. The Morgan fingerprint density at radius 3 is 2.45 bits per heavy atom. The second kappa shape index (κ2) is 12.9. The normalized spacial score (nSPS) is 13.1. The number of carboxylic acids is 1. The van der Waals surface area contributed by atoms with Gasteiger partial charge in [-0.15, -0.1) is 8.86 Å². The summed E-state index contributed by atoms with van der Waals surface area (Å²) in [6, 6.07) is 18.8. The Kier molecular flexibility index (Phi) is 9.70. The number of aromatic carboxylic acids is 1. The summed E-state index contributed by atoms with van der Waals surface area (Å²) in [4.78, 5) is 11.6. The molecule has 0 saturated heterocycles. The largest absolute Gasteiger partial charge is 0.497 e. The van der Waals surface area contributed by atoms with E-state index in [2.05, 4.69) is 32.9 Å². The highest BCUT2D eigenvalue weighted by molar-refractivity contribution is 7.19. The summed E-state index contributed by atoms with van der Waals surface area (Å²) in [5.41, 5.74) is 6.78. The van der Waals surface area contributed by atoms with Crippen molar-refractivity contribution in [1.29, 1.82) is 0 Å². The lowest BCUT2D eigenvalue weighted by Crippen LogP contribution is -2.15. The second-order valence-corrected chi connectivity index (χ2v) is 9.28. The van der Waals surface area contributed by atoms with Gasteiger partial charge < -0.3 is 19.9 Å². The van der Waals surface area contributed by atoms with Gasteiger partial charge >= 0.3 is 5.97 Å². The van der Waals surface area contributed by atoms with Crippen LogP contribution in [0.4, 0.5) is 5.69 Å². The Hall–Kier alpha value is -4.08. The Bertz CT molecular complexity index is 1420. The number of fused-ring (bicyclic) bond motifs is 1.